The van der Waals surface area contributed by atoms with Gasteiger partial charge in [0, 0.05) is 6.08 Å². The summed E-state index contributed by atoms with van der Waals surface area (Å²) < 4.78 is 4.98. The number of ether oxygens (including phenoxy) is 1. The average Bonchev–Trinajstić information content (AvgIpc) is 2.39. The van der Waals surface area contributed by atoms with Crippen molar-refractivity contribution in [2.24, 2.45) is 5.92 Å². The van der Waals surface area contributed by atoms with E-state index in [1.165, 1.54) is 25.0 Å². The van der Waals surface area contributed by atoms with Crippen molar-refractivity contribution in [3.05, 3.63) is 25.3 Å². The first-order valence-electron chi connectivity index (χ1n) is 6.63. The number of hydrogen-bond acceptors (Lipinski definition) is 3. The number of aliphatic carboxylic acids is 1. The van der Waals surface area contributed by atoms with E-state index >= 15 is 0 Å². The van der Waals surface area contributed by atoms with Crippen LogP contribution in [-0.2, 0) is 14.3 Å². The Kier molecular flexibility index (Phi) is 15.1. The quantitative estimate of drug-likeness (QED) is 0.395. The van der Waals surface area contributed by atoms with Crippen molar-refractivity contribution in [1.82, 2.24) is 0 Å². The largest absolute Gasteiger partial charge is 0.481 e. The third kappa shape index (κ3) is 16.4. The zero-order chi connectivity index (χ0) is 15.1. The van der Waals surface area contributed by atoms with Crippen LogP contribution in [0.2, 0.25) is 0 Å². The number of rotatable bonds is 9. The van der Waals surface area contributed by atoms with Gasteiger partial charge in [0.1, 0.15) is 0 Å². The Balaban J connectivity index is 0. The number of carboxylic acid groups (broad SMARTS) is 1. The number of carboxylic acids is 1. The van der Waals surface area contributed by atoms with Crippen LogP contribution in [0.4, 0.5) is 0 Å². The molecule has 0 aromatic rings. The highest BCUT2D eigenvalue weighted by atomic mass is 16.5. The third-order valence-electron chi connectivity index (χ3n) is 2.49. The number of hydrogen-bond donors (Lipinski definition) is 1. The Hall–Kier alpha value is -1.58. The molecule has 0 aliphatic heterocycles. The van der Waals surface area contributed by atoms with Gasteiger partial charge in [0.25, 0.3) is 0 Å². The first-order chi connectivity index (χ1) is 9.01. The molecule has 1 N–H and O–H groups in total. The molecule has 0 fully saturated rings. The first-order valence-corrected chi connectivity index (χ1v) is 6.63. The molecule has 0 rings (SSSR count). The molecule has 4 nitrogen and oxygen atoms in total. The Labute approximate surface area is 116 Å². The predicted octanol–water partition coefficient (Wildman–Crippen LogP) is 3.58. The van der Waals surface area contributed by atoms with Gasteiger partial charge in [-0.2, -0.15) is 0 Å². The normalized spacial score (nSPS) is 10.6. The molecule has 0 saturated carbocycles. The van der Waals surface area contributed by atoms with E-state index in [9.17, 15) is 9.59 Å². The van der Waals surface area contributed by atoms with Gasteiger partial charge in [0.05, 0.1) is 13.0 Å². The summed E-state index contributed by atoms with van der Waals surface area (Å²) in [6, 6.07) is 0. The molecule has 4 heteroatoms. The zero-order valence-electron chi connectivity index (χ0n) is 12.1. The minimum absolute atomic E-state index is 0.0556. The molecule has 0 spiro atoms. The van der Waals surface area contributed by atoms with E-state index in [-0.39, 0.29) is 12.4 Å². The Morgan fingerprint density at radius 3 is 2.26 bits per heavy atom. The van der Waals surface area contributed by atoms with E-state index in [0.29, 0.717) is 12.5 Å². The lowest BCUT2D eigenvalue weighted by atomic mass is 10.0. The van der Waals surface area contributed by atoms with Crippen LogP contribution in [0, 0.1) is 5.92 Å². The molecule has 0 aliphatic carbocycles. The van der Waals surface area contributed by atoms with E-state index in [4.69, 9.17) is 9.84 Å². The van der Waals surface area contributed by atoms with Crippen LogP contribution < -0.4 is 0 Å². The van der Waals surface area contributed by atoms with Crippen LogP contribution in [0.15, 0.2) is 25.3 Å². The minimum atomic E-state index is -0.829. The highest BCUT2D eigenvalue weighted by Crippen LogP contribution is 2.12. The summed E-state index contributed by atoms with van der Waals surface area (Å²) in [5.74, 6) is -0.621. The number of carbonyl (C=O) groups is 2. The maximum Gasteiger partial charge on any atom is 0.330 e. The lowest BCUT2D eigenvalue weighted by Gasteiger charge is -2.13. The molecule has 0 radical (unpaired) electrons. The van der Waals surface area contributed by atoms with Gasteiger partial charge < -0.3 is 9.84 Å². The SMILES string of the molecule is C=CC(=O)OCC(CC)CCCC.C=CCC(=O)O. The van der Waals surface area contributed by atoms with Crippen molar-refractivity contribution in [3.63, 3.8) is 0 Å². The van der Waals surface area contributed by atoms with Crippen LogP contribution >= 0.6 is 0 Å². The summed E-state index contributed by atoms with van der Waals surface area (Å²) in [5.41, 5.74) is 0. The average molecular weight is 270 g/mol. The molecule has 1 unspecified atom stereocenters. The molecule has 0 bridgehead atoms. The van der Waals surface area contributed by atoms with E-state index < -0.39 is 5.97 Å². The summed E-state index contributed by atoms with van der Waals surface area (Å²) in [7, 11) is 0. The monoisotopic (exact) mass is 270 g/mol. The maximum atomic E-state index is 10.8. The van der Waals surface area contributed by atoms with Crippen LogP contribution in [0.1, 0.15) is 46.0 Å². The molecule has 0 heterocycles. The molecule has 110 valence electrons. The topological polar surface area (TPSA) is 63.6 Å². The molecule has 0 aromatic carbocycles. The molecule has 0 aromatic heterocycles. The van der Waals surface area contributed by atoms with Gasteiger partial charge in [-0.15, -0.1) is 6.58 Å². The molecule has 1 atom stereocenters. The lowest BCUT2D eigenvalue weighted by molar-refractivity contribution is -0.139. The Morgan fingerprint density at radius 1 is 1.32 bits per heavy atom. The summed E-state index contributed by atoms with van der Waals surface area (Å²) in [6.45, 7) is 11.4. The Morgan fingerprint density at radius 2 is 1.95 bits per heavy atom. The second kappa shape index (κ2) is 14.5. The first kappa shape index (κ1) is 19.8. The van der Waals surface area contributed by atoms with E-state index in [0.717, 1.165) is 12.8 Å². The van der Waals surface area contributed by atoms with Crippen LogP contribution in [0.5, 0.6) is 0 Å². The lowest BCUT2D eigenvalue weighted by Crippen LogP contribution is -2.12. The van der Waals surface area contributed by atoms with Crippen LogP contribution in [-0.4, -0.2) is 23.7 Å². The molecular formula is C15H26O4. The van der Waals surface area contributed by atoms with Crippen molar-refractivity contribution in [3.8, 4) is 0 Å². The van der Waals surface area contributed by atoms with Gasteiger partial charge in [-0.3, -0.25) is 4.79 Å². The highest BCUT2D eigenvalue weighted by Gasteiger charge is 2.07. The van der Waals surface area contributed by atoms with Gasteiger partial charge in [-0.1, -0.05) is 45.8 Å². The Bertz CT molecular complexity index is 271. The second-order valence-corrected chi connectivity index (χ2v) is 4.14. The second-order valence-electron chi connectivity index (χ2n) is 4.14. The summed E-state index contributed by atoms with van der Waals surface area (Å²) >= 11 is 0. The van der Waals surface area contributed by atoms with Crippen molar-refractivity contribution in [2.45, 2.75) is 46.0 Å². The maximum absolute atomic E-state index is 10.8. The fraction of sp³-hybridized carbons (Fsp3) is 0.600. The summed E-state index contributed by atoms with van der Waals surface area (Å²) in [6.07, 6.45) is 7.26. The van der Waals surface area contributed by atoms with E-state index in [1.54, 1.807) is 0 Å². The van der Waals surface area contributed by atoms with Gasteiger partial charge in [0.2, 0.25) is 0 Å². The van der Waals surface area contributed by atoms with Crippen molar-refractivity contribution in [1.29, 1.82) is 0 Å². The van der Waals surface area contributed by atoms with Gasteiger partial charge in [-0.25, -0.2) is 4.79 Å². The molecule has 19 heavy (non-hydrogen) atoms. The fourth-order valence-corrected chi connectivity index (χ4v) is 1.28. The smallest absolute Gasteiger partial charge is 0.330 e. The fourth-order valence-electron chi connectivity index (χ4n) is 1.28. The van der Waals surface area contributed by atoms with Gasteiger partial charge >= 0.3 is 11.9 Å². The van der Waals surface area contributed by atoms with Crippen molar-refractivity contribution < 1.29 is 19.4 Å². The standard InChI is InChI=1S/C11H20O2.C4H6O2/c1-4-7-8-10(5-2)9-13-11(12)6-3;1-2-3-4(5)6/h6,10H,3-5,7-9H2,1-2H3;2H,1,3H2,(H,5,6). The number of esters is 1. The minimum Gasteiger partial charge on any atom is -0.481 e. The molecule has 0 amide bonds. The van der Waals surface area contributed by atoms with Crippen molar-refractivity contribution >= 4 is 11.9 Å². The van der Waals surface area contributed by atoms with E-state index in [1.807, 2.05) is 0 Å². The van der Waals surface area contributed by atoms with Gasteiger partial charge in [0.15, 0.2) is 0 Å². The highest BCUT2D eigenvalue weighted by molar-refractivity contribution is 5.81. The molecule has 0 aliphatic rings. The van der Waals surface area contributed by atoms with E-state index in [2.05, 4.69) is 27.0 Å². The predicted molar refractivity (Wildman–Crippen MR) is 76.9 cm³/mol. The van der Waals surface area contributed by atoms with Crippen LogP contribution in [0.3, 0.4) is 0 Å². The van der Waals surface area contributed by atoms with Crippen molar-refractivity contribution in [2.75, 3.05) is 6.61 Å². The zero-order valence-corrected chi connectivity index (χ0v) is 12.1. The van der Waals surface area contributed by atoms with Crippen LogP contribution in [0.25, 0.3) is 0 Å². The molecular weight excluding hydrogens is 244 g/mol. The summed E-state index contributed by atoms with van der Waals surface area (Å²) in [5, 5.41) is 7.84. The third-order valence-corrected chi connectivity index (χ3v) is 2.49. The number of unbranched alkanes of at least 4 members (excludes halogenated alkanes) is 1. The molecule has 0 saturated heterocycles. The number of carbonyl (C=O) groups excluding carboxylic acids is 1. The van der Waals surface area contributed by atoms with Gasteiger partial charge in [-0.05, 0) is 12.3 Å². The summed E-state index contributed by atoms with van der Waals surface area (Å²) in [4.78, 5) is 20.3.